The summed E-state index contributed by atoms with van der Waals surface area (Å²) in [6, 6.07) is 12.7. The number of nitrogens with two attached hydrogens (primary N) is 1. The highest BCUT2D eigenvalue weighted by Gasteiger charge is 2.19. The summed E-state index contributed by atoms with van der Waals surface area (Å²) in [6.07, 6.45) is 0. The smallest absolute Gasteiger partial charge is 0.149 e. The number of hydrogen-bond acceptors (Lipinski definition) is 6. The van der Waals surface area contributed by atoms with Crippen molar-refractivity contribution in [3.8, 4) is 5.75 Å². The number of aromatic nitrogens is 2. The largest absolute Gasteiger partial charge is 0.497 e. The molecule has 0 aliphatic heterocycles. The van der Waals surface area contributed by atoms with Crippen LogP contribution in [-0.4, -0.2) is 29.0 Å². The molecule has 2 aromatic heterocycles. The van der Waals surface area contributed by atoms with Gasteiger partial charge in [-0.3, -0.25) is 4.90 Å². The Labute approximate surface area is 175 Å². The van der Waals surface area contributed by atoms with Crippen LogP contribution in [0.5, 0.6) is 5.75 Å². The Morgan fingerprint density at radius 1 is 1.10 bits per heavy atom. The molecule has 6 heteroatoms. The van der Waals surface area contributed by atoms with Gasteiger partial charge in [-0.1, -0.05) is 18.2 Å². The Bertz CT molecular complexity index is 1200. The van der Waals surface area contributed by atoms with E-state index in [4.69, 9.17) is 15.5 Å². The maximum absolute atomic E-state index is 6.27. The molecular formula is C23H26N4OS. The number of thiophene rings is 1. The van der Waals surface area contributed by atoms with E-state index < -0.39 is 0 Å². The molecule has 29 heavy (non-hydrogen) atoms. The number of aryl methyl sites for hydroxylation is 2. The summed E-state index contributed by atoms with van der Waals surface area (Å²) in [7, 11) is 3.79. The molecule has 0 saturated heterocycles. The second-order valence-electron chi connectivity index (χ2n) is 7.57. The SMILES string of the molecule is COc1ccc2cc(CN(C)[C@H](C)c3nc(N)c4c(C)c(C)sc4n3)ccc2c1. The van der Waals surface area contributed by atoms with Crippen molar-refractivity contribution >= 4 is 38.1 Å². The first kappa shape index (κ1) is 19.6. The lowest BCUT2D eigenvalue weighted by Crippen LogP contribution is -2.24. The van der Waals surface area contributed by atoms with Crippen LogP contribution in [0.2, 0.25) is 0 Å². The van der Waals surface area contributed by atoms with Gasteiger partial charge >= 0.3 is 0 Å². The van der Waals surface area contributed by atoms with Crippen molar-refractivity contribution < 1.29 is 4.74 Å². The molecule has 2 heterocycles. The van der Waals surface area contributed by atoms with Gasteiger partial charge in [0.15, 0.2) is 0 Å². The summed E-state index contributed by atoms with van der Waals surface area (Å²) in [4.78, 5) is 13.9. The van der Waals surface area contributed by atoms with Crippen LogP contribution >= 0.6 is 11.3 Å². The number of ether oxygens (including phenoxy) is 1. The normalized spacial score (nSPS) is 12.8. The van der Waals surface area contributed by atoms with E-state index in [2.05, 4.69) is 68.0 Å². The van der Waals surface area contributed by atoms with Gasteiger partial charge in [0.2, 0.25) is 0 Å². The van der Waals surface area contributed by atoms with Crippen LogP contribution in [0.3, 0.4) is 0 Å². The first-order valence-corrected chi connectivity index (χ1v) is 10.5. The minimum atomic E-state index is 0.0518. The van der Waals surface area contributed by atoms with Crippen molar-refractivity contribution in [3.63, 3.8) is 0 Å². The molecule has 0 amide bonds. The third kappa shape index (κ3) is 3.66. The summed E-state index contributed by atoms with van der Waals surface area (Å²) in [5.74, 6) is 2.22. The molecule has 1 atom stereocenters. The molecule has 0 radical (unpaired) electrons. The topological polar surface area (TPSA) is 64.3 Å². The Balaban J connectivity index is 1.58. The van der Waals surface area contributed by atoms with Crippen molar-refractivity contribution in [2.24, 2.45) is 0 Å². The van der Waals surface area contributed by atoms with E-state index in [1.165, 1.54) is 26.8 Å². The van der Waals surface area contributed by atoms with Gasteiger partial charge in [0.1, 0.15) is 22.2 Å². The number of hydrogen-bond donors (Lipinski definition) is 1. The predicted molar refractivity (Wildman–Crippen MR) is 122 cm³/mol. The fourth-order valence-electron chi connectivity index (χ4n) is 3.61. The van der Waals surface area contributed by atoms with Gasteiger partial charge in [-0.25, -0.2) is 9.97 Å². The fourth-order valence-corrected chi connectivity index (χ4v) is 4.65. The van der Waals surface area contributed by atoms with Gasteiger partial charge in [0, 0.05) is 11.4 Å². The highest BCUT2D eigenvalue weighted by Crippen LogP contribution is 2.33. The number of anilines is 1. The zero-order valence-electron chi connectivity index (χ0n) is 17.5. The van der Waals surface area contributed by atoms with E-state index in [-0.39, 0.29) is 6.04 Å². The Kier molecular flexibility index (Phi) is 5.15. The van der Waals surface area contributed by atoms with Gasteiger partial charge in [0.25, 0.3) is 0 Å². The van der Waals surface area contributed by atoms with Crippen LogP contribution in [0, 0.1) is 13.8 Å². The summed E-state index contributed by atoms with van der Waals surface area (Å²) in [5.41, 5.74) is 8.70. The van der Waals surface area contributed by atoms with Crippen molar-refractivity contribution in [1.82, 2.24) is 14.9 Å². The molecule has 2 N–H and O–H groups in total. The van der Waals surface area contributed by atoms with Gasteiger partial charge < -0.3 is 10.5 Å². The number of fused-ring (bicyclic) bond motifs is 2. The second kappa shape index (κ2) is 7.61. The number of nitrogens with zero attached hydrogens (tertiary/aromatic N) is 3. The number of benzene rings is 2. The van der Waals surface area contributed by atoms with Crippen molar-refractivity contribution in [1.29, 1.82) is 0 Å². The Hall–Kier alpha value is -2.70. The highest BCUT2D eigenvalue weighted by atomic mass is 32.1. The van der Waals surface area contributed by atoms with E-state index in [0.29, 0.717) is 5.82 Å². The molecule has 0 spiro atoms. The lowest BCUT2D eigenvalue weighted by molar-refractivity contribution is 0.244. The fraction of sp³-hybridized carbons (Fsp3) is 0.304. The summed E-state index contributed by atoms with van der Waals surface area (Å²) < 4.78 is 5.32. The highest BCUT2D eigenvalue weighted by molar-refractivity contribution is 7.18. The first-order valence-electron chi connectivity index (χ1n) is 9.67. The molecule has 2 aromatic carbocycles. The van der Waals surface area contributed by atoms with Crippen LogP contribution < -0.4 is 10.5 Å². The van der Waals surface area contributed by atoms with Crippen LogP contribution in [0.1, 0.15) is 34.8 Å². The van der Waals surface area contributed by atoms with Crippen LogP contribution in [0.15, 0.2) is 36.4 Å². The third-order valence-corrected chi connectivity index (χ3v) is 6.75. The zero-order chi connectivity index (χ0) is 20.7. The molecule has 0 unspecified atom stereocenters. The van der Waals surface area contributed by atoms with Crippen molar-refractivity contribution in [2.75, 3.05) is 19.9 Å². The monoisotopic (exact) mass is 406 g/mol. The molecule has 150 valence electrons. The lowest BCUT2D eigenvalue weighted by Gasteiger charge is -2.24. The standard InChI is InChI=1S/C23H26N4OS/c1-13-15(3)29-23-20(13)21(24)25-22(26-23)14(2)27(4)12-16-6-7-18-11-19(28-5)9-8-17(18)10-16/h6-11,14H,12H2,1-5H3,(H2,24,25,26)/t14-/m1/s1. The average molecular weight is 407 g/mol. The molecule has 0 fully saturated rings. The molecule has 0 bridgehead atoms. The van der Waals surface area contributed by atoms with Crippen molar-refractivity contribution in [2.45, 2.75) is 33.4 Å². The Morgan fingerprint density at radius 3 is 2.59 bits per heavy atom. The van der Waals surface area contributed by atoms with Crippen molar-refractivity contribution in [3.05, 3.63) is 58.2 Å². The van der Waals surface area contributed by atoms with Crippen LogP contribution in [0.25, 0.3) is 21.0 Å². The van der Waals surface area contributed by atoms with E-state index >= 15 is 0 Å². The number of nitrogen functional groups attached to an aromatic ring is 1. The van der Waals surface area contributed by atoms with Crippen LogP contribution in [-0.2, 0) is 6.54 Å². The van der Waals surface area contributed by atoms with Gasteiger partial charge in [-0.05, 0) is 67.9 Å². The lowest BCUT2D eigenvalue weighted by atomic mass is 10.1. The van der Waals surface area contributed by atoms with Crippen LogP contribution in [0.4, 0.5) is 5.82 Å². The summed E-state index contributed by atoms with van der Waals surface area (Å²) in [6.45, 7) is 7.11. The number of methoxy groups -OCH3 is 1. The predicted octanol–water partition coefficient (Wildman–Crippen LogP) is 5.25. The first-order chi connectivity index (χ1) is 13.9. The molecule has 0 saturated carbocycles. The molecule has 0 aliphatic carbocycles. The van der Waals surface area contributed by atoms with Gasteiger partial charge in [-0.15, -0.1) is 11.3 Å². The third-order valence-electron chi connectivity index (χ3n) is 5.65. The molecular weight excluding hydrogens is 380 g/mol. The molecule has 0 aliphatic rings. The molecule has 5 nitrogen and oxygen atoms in total. The minimum Gasteiger partial charge on any atom is -0.497 e. The zero-order valence-corrected chi connectivity index (χ0v) is 18.3. The number of rotatable bonds is 5. The summed E-state index contributed by atoms with van der Waals surface area (Å²) in [5, 5.41) is 3.38. The molecule has 4 rings (SSSR count). The van der Waals surface area contributed by atoms with E-state index in [9.17, 15) is 0 Å². The quantitative estimate of drug-likeness (QED) is 0.491. The summed E-state index contributed by atoms with van der Waals surface area (Å²) >= 11 is 1.68. The maximum atomic E-state index is 6.27. The van der Waals surface area contributed by atoms with Gasteiger partial charge in [0.05, 0.1) is 18.5 Å². The van der Waals surface area contributed by atoms with E-state index in [1.54, 1.807) is 18.4 Å². The van der Waals surface area contributed by atoms with Gasteiger partial charge in [-0.2, -0.15) is 0 Å². The molecule has 4 aromatic rings. The van der Waals surface area contributed by atoms with E-state index in [1.807, 2.05) is 6.07 Å². The average Bonchev–Trinajstić information content (AvgIpc) is 3.00. The second-order valence-corrected chi connectivity index (χ2v) is 8.77. The Morgan fingerprint density at radius 2 is 1.83 bits per heavy atom. The van der Waals surface area contributed by atoms with E-state index in [0.717, 1.165) is 28.3 Å². The maximum Gasteiger partial charge on any atom is 0.149 e. The minimum absolute atomic E-state index is 0.0518.